The summed E-state index contributed by atoms with van der Waals surface area (Å²) in [6.45, 7) is 8.73. The quantitative estimate of drug-likeness (QED) is 0.491. The van der Waals surface area contributed by atoms with Gasteiger partial charge in [0.1, 0.15) is 0 Å². The van der Waals surface area contributed by atoms with E-state index < -0.39 is 0 Å². The van der Waals surface area contributed by atoms with Gasteiger partial charge in [0.05, 0.1) is 11.7 Å². The molecular formula is C13H22O. The van der Waals surface area contributed by atoms with Crippen molar-refractivity contribution in [2.45, 2.75) is 64.1 Å². The largest absolute Gasteiger partial charge is 0.366 e. The molecule has 1 aliphatic carbocycles. The fourth-order valence-corrected chi connectivity index (χ4v) is 2.62. The first kappa shape index (κ1) is 10.2. The Bertz CT molecular complexity index is 233. The van der Waals surface area contributed by atoms with Crippen LogP contribution in [0.1, 0.15) is 52.4 Å². The van der Waals surface area contributed by atoms with E-state index in [4.69, 9.17) is 4.74 Å². The summed E-state index contributed by atoms with van der Waals surface area (Å²) in [6, 6.07) is 0. The Labute approximate surface area is 87.5 Å². The Morgan fingerprint density at radius 2 is 2.36 bits per heavy atom. The Morgan fingerprint density at radius 1 is 1.57 bits per heavy atom. The number of epoxide rings is 1. The molecule has 0 aromatic carbocycles. The number of hydrogen-bond acceptors (Lipinski definition) is 1. The van der Waals surface area contributed by atoms with E-state index in [1.807, 2.05) is 0 Å². The van der Waals surface area contributed by atoms with Crippen LogP contribution in [0.2, 0.25) is 0 Å². The van der Waals surface area contributed by atoms with Crippen molar-refractivity contribution in [1.82, 2.24) is 0 Å². The van der Waals surface area contributed by atoms with Crippen molar-refractivity contribution in [3.8, 4) is 0 Å². The third-order valence-corrected chi connectivity index (χ3v) is 3.95. The predicted molar refractivity (Wildman–Crippen MR) is 59.3 cm³/mol. The highest BCUT2D eigenvalue weighted by molar-refractivity contribution is 5.11. The van der Waals surface area contributed by atoms with E-state index in [0.29, 0.717) is 6.10 Å². The number of unbranched alkanes of at least 4 members (excludes halogenated alkanes) is 1. The van der Waals surface area contributed by atoms with Crippen molar-refractivity contribution >= 4 is 0 Å². The van der Waals surface area contributed by atoms with Crippen molar-refractivity contribution < 1.29 is 4.74 Å². The third kappa shape index (κ3) is 1.88. The van der Waals surface area contributed by atoms with E-state index >= 15 is 0 Å². The van der Waals surface area contributed by atoms with Gasteiger partial charge in [0, 0.05) is 0 Å². The molecule has 1 heterocycles. The van der Waals surface area contributed by atoms with Crippen molar-refractivity contribution in [2.75, 3.05) is 0 Å². The molecule has 0 bridgehead atoms. The highest BCUT2D eigenvalue weighted by atomic mass is 16.6. The predicted octanol–water partition coefficient (Wildman–Crippen LogP) is 3.69. The zero-order valence-corrected chi connectivity index (χ0v) is 9.51. The second-order valence-electron chi connectivity index (χ2n) is 5.15. The molecule has 0 spiro atoms. The topological polar surface area (TPSA) is 12.5 Å². The van der Waals surface area contributed by atoms with E-state index in [2.05, 4.69) is 20.4 Å². The first-order chi connectivity index (χ1) is 6.65. The van der Waals surface area contributed by atoms with Crippen LogP contribution >= 0.6 is 0 Å². The van der Waals surface area contributed by atoms with Crippen molar-refractivity contribution in [1.29, 1.82) is 0 Å². The molecule has 3 atom stereocenters. The van der Waals surface area contributed by atoms with Gasteiger partial charge in [0.25, 0.3) is 0 Å². The van der Waals surface area contributed by atoms with Crippen LogP contribution in [-0.2, 0) is 4.74 Å². The fourth-order valence-electron chi connectivity index (χ4n) is 2.62. The van der Waals surface area contributed by atoms with Crippen LogP contribution in [0.3, 0.4) is 0 Å². The van der Waals surface area contributed by atoms with Crippen LogP contribution in [-0.4, -0.2) is 11.7 Å². The SMILES string of the molecule is C=C(CCCC)C1CCC2(C)OC2C1. The fraction of sp³-hybridized carbons (Fsp3) is 0.846. The molecule has 0 N–H and O–H groups in total. The van der Waals surface area contributed by atoms with Gasteiger partial charge in [-0.1, -0.05) is 25.5 Å². The Morgan fingerprint density at radius 3 is 3.00 bits per heavy atom. The molecule has 0 aromatic rings. The summed E-state index contributed by atoms with van der Waals surface area (Å²) in [6.07, 6.45) is 8.15. The lowest BCUT2D eigenvalue weighted by molar-refractivity contribution is 0.303. The van der Waals surface area contributed by atoms with Crippen molar-refractivity contribution in [3.05, 3.63) is 12.2 Å². The van der Waals surface area contributed by atoms with Gasteiger partial charge in [-0.25, -0.2) is 0 Å². The lowest BCUT2D eigenvalue weighted by Gasteiger charge is -2.24. The molecule has 0 amide bonds. The average molecular weight is 194 g/mol. The molecule has 1 aliphatic heterocycles. The van der Waals surface area contributed by atoms with Crippen LogP contribution in [0.4, 0.5) is 0 Å². The minimum absolute atomic E-state index is 0.265. The number of hydrogen-bond donors (Lipinski definition) is 0. The molecule has 2 fully saturated rings. The van der Waals surface area contributed by atoms with E-state index in [1.54, 1.807) is 0 Å². The monoisotopic (exact) mass is 194 g/mol. The van der Waals surface area contributed by atoms with Crippen LogP contribution < -0.4 is 0 Å². The highest BCUT2D eigenvalue weighted by Crippen LogP contribution is 2.50. The first-order valence-corrected chi connectivity index (χ1v) is 6.01. The standard InChI is InChI=1S/C13H22O/c1-4-5-6-10(2)11-7-8-13(3)12(9-11)14-13/h11-12H,2,4-9H2,1,3H3. The molecule has 0 radical (unpaired) electrons. The van der Waals surface area contributed by atoms with Gasteiger partial charge in [-0.15, -0.1) is 0 Å². The molecule has 1 heteroatoms. The molecule has 0 aromatic heterocycles. The summed E-state index contributed by atoms with van der Waals surface area (Å²) in [7, 11) is 0. The minimum atomic E-state index is 0.265. The van der Waals surface area contributed by atoms with Gasteiger partial charge in [-0.2, -0.15) is 0 Å². The van der Waals surface area contributed by atoms with Crippen LogP contribution in [0, 0.1) is 5.92 Å². The summed E-state index contributed by atoms with van der Waals surface area (Å²) < 4.78 is 5.71. The second kappa shape index (κ2) is 3.69. The van der Waals surface area contributed by atoms with Gasteiger partial charge in [0.15, 0.2) is 0 Å². The van der Waals surface area contributed by atoms with Gasteiger partial charge in [-0.05, 0) is 44.9 Å². The van der Waals surface area contributed by atoms with Gasteiger partial charge >= 0.3 is 0 Å². The van der Waals surface area contributed by atoms with E-state index in [0.717, 1.165) is 5.92 Å². The van der Waals surface area contributed by atoms with Gasteiger partial charge < -0.3 is 4.74 Å². The highest BCUT2D eigenvalue weighted by Gasteiger charge is 2.55. The molecule has 3 unspecified atom stereocenters. The van der Waals surface area contributed by atoms with Gasteiger partial charge in [-0.3, -0.25) is 0 Å². The second-order valence-corrected chi connectivity index (χ2v) is 5.15. The van der Waals surface area contributed by atoms with Gasteiger partial charge in [0.2, 0.25) is 0 Å². The maximum Gasteiger partial charge on any atom is 0.0920 e. The molecule has 2 aliphatic rings. The van der Waals surface area contributed by atoms with Crippen molar-refractivity contribution in [2.24, 2.45) is 5.92 Å². The smallest absolute Gasteiger partial charge is 0.0920 e. The molecular weight excluding hydrogens is 172 g/mol. The summed E-state index contributed by atoms with van der Waals surface area (Å²) in [5.41, 5.74) is 1.74. The van der Waals surface area contributed by atoms with E-state index in [9.17, 15) is 0 Å². The van der Waals surface area contributed by atoms with Crippen LogP contribution in [0.15, 0.2) is 12.2 Å². The van der Waals surface area contributed by atoms with Crippen LogP contribution in [0.25, 0.3) is 0 Å². The zero-order valence-electron chi connectivity index (χ0n) is 9.51. The summed E-state index contributed by atoms with van der Waals surface area (Å²) in [5.74, 6) is 0.752. The molecule has 1 nitrogen and oxygen atoms in total. The lowest BCUT2D eigenvalue weighted by atomic mass is 9.78. The average Bonchev–Trinajstić information content (AvgIpc) is 2.84. The van der Waals surface area contributed by atoms with Crippen molar-refractivity contribution in [3.63, 3.8) is 0 Å². The molecule has 1 saturated heterocycles. The molecule has 2 rings (SSSR count). The maximum atomic E-state index is 5.71. The Hall–Kier alpha value is -0.300. The summed E-state index contributed by atoms with van der Waals surface area (Å²) >= 11 is 0. The minimum Gasteiger partial charge on any atom is -0.366 e. The number of fused-ring (bicyclic) bond motifs is 1. The number of allylic oxidation sites excluding steroid dienone is 1. The van der Waals surface area contributed by atoms with Crippen LogP contribution in [0.5, 0.6) is 0 Å². The molecule has 14 heavy (non-hydrogen) atoms. The third-order valence-electron chi connectivity index (χ3n) is 3.95. The normalized spacial score (nSPS) is 40.4. The summed E-state index contributed by atoms with van der Waals surface area (Å²) in [5, 5.41) is 0. The first-order valence-electron chi connectivity index (χ1n) is 6.01. The molecule has 1 saturated carbocycles. The van der Waals surface area contributed by atoms with E-state index in [1.165, 1.54) is 44.1 Å². The number of rotatable bonds is 4. The van der Waals surface area contributed by atoms with E-state index in [-0.39, 0.29) is 5.60 Å². The molecule has 80 valence electrons. The summed E-state index contributed by atoms with van der Waals surface area (Å²) in [4.78, 5) is 0. The lowest BCUT2D eigenvalue weighted by Crippen LogP contribution is -2.22. The maximum absolute atomic E-state index is 5.71. The zero-order chi connectivity index (χ0) is 10.2. The Balaban J connectivity index is 1.80. The number of ether oxygens (including phenoxy) is 1. The Kier molecular flexibility index (Phi) is 2.70.